The number of rotatable bonds is 6. The molecule has 0 aliphatic heterocycles. The van der Waals surface area contributed by atoms with Crippen molar-refractivity contribution in [2.45, 2.75) is 46.1 Å². The Morgan fingerprint density at radius 2 is 1.75 bits per heavy atom. The summed E-state index contributed by atoms with van der Waals surface area (Å²) < 4.78 is 5.23. The van der Waals surface area contributed by atoms with Crippen molar-refractivity contribution in [2.75, 3.05) is 18.5 Å². The van der Waals surface area contributed by atoms with Gasteiger partial charge in [-0.3, -0.25) is 9.59 Å². The van der Waals surface area contributed by atoms with Crippen LogP contribution in [0.15, 0.2) is 24.3 Å². The molecule has 0 aromatic heterocycles. The second kappa shape index (κ2) is 8.83. The van der Waals surface area contributed by atoms with Crippen LogP contribution in [0.1, 0.15) is 38.7 Å². The molecular weight excluding hydrogens is 304 g/mol. The monoisotopic (exact) mass is 332 g/mol. The molecule has 0 spiro atoms. The Balaban J connectivity index is 1.66. The van der Waals surface area contributed by atoms with E-state index >= 15 is 0 Å². The average molecular weight is 332 g/mol. The van der Waals surface area contributed by atoms with Crippen LogP contribution < -0.4 is 10.6 Å². The summed E-state index contributed by atoms with van der Waals surface area (Å²) in [5.74, 6) is 0.702. The first-order valence-corrected chi connectivity index (χ1v) is 8.69. The van der Waals surface area contributed by atoms with Gasteiger partial charge in [-0.15, -0.1) is 0 Å². The Hall–Kier alpha value is -1.88. The predicted octanol–water partition coefficient (Wildman–Crippen LogP) is 2.89. The predicted molar refractivity (Wildman–Crippen MR) is 94.7 cm³/mol. The van der Waals surface area contributed by atoms with Crippen molar-refractivity contribution < 1.29 is 14.3 Å². The van der Waals surface area contributed by atoms with Gasteiger partial charge in [-0.1, -0.05) is 44.4 Å². The Morgan fingerprint density at radius 1 is 1.08 bits per heavy atom. The van der Waals surface area contributed by atoms with Crippen LogP contribution in [0, 0.1) is 18.8 Å². The Kier molecular flexibility index (Phi) is 6.79. The molecular formula is C19H28N2O3. The van der Waals surface area contributed by atoms with E-state index in [0.717, 1.165) is 24.1 Å². The summed E-state index contributed by atoms with van der Waals surface area (Å²) in [4.78, 5) is 23.8. The molecule has 5 heteroatoms. The van der Waals surface area contributed by atoms with Gasteiger partial charge in [0.1, 0.15) is 13.2 Å². The van der Waals surface area contributed by atoms with Crippen LogP contribution in [-0.4, -0.2) is 31.1 Å². The summed E-state index contributed by atoms with van der Waals surface area (Å²) in [5, 5.41) is 5.77. The number of anilines is 1. The second-order valence-corrected chi connectivity index (χ2v) is 6.85. The Labute approximate surface area is 144 Å². The molecule has 0 saturated heterocycles. The fraction of sp³-hybridized carbons (Fsp3) is 0.579. The lowest BCUT2D eigenvalue weighted by molar-refractivity contribution is -0.129. The molecule has 3 atom stereocenters. The lowest BCUT2D eigenvalue weighted by Gasteiger charge is -2.34. The molecule has 132 valence electrons. The number of hydrogen-bond acceptors (Lipinski definition) is 3. The first-order chi connectivity index (χ1) is 11.5. The molecule has 0 bridgehead atoms. The third-order valence-corrected chi connectivity index (χ3v) is 4.85. The molecule has 24 heavy (non-hydrogen) atoms. The summed E-state index contributed by atoms with van der Waals surface area (Å²) in [5.41, 5.74) is 1.86. The molecule has 1 aromatic rings. The van der Waals surface area contributed by atoms with Gasteiger partial charge < -0.3 is 15.4 Å². The average Bonchev–Trinajstić information content (AvgIpc) is 2.54. The number of ether oxygens (including phenoxy) is 1. The molecule has 5 nitrogen and oxygen atoms in total. The first kappa shape index (κ1) is 18.5. The highest BCUT2D eigenvalue weighted by atomic mass is 16.5. The SMILES string of the molecule is Cc1ccc(NC(=O)COCC(=O)NC2CCCC(C)C2C)cc1. The largest absolute Gasteiger partial charge is 0.362 e. The van der Waals surface area contributed by atoms with Crippen LogP contribution in [0.25, 0.3) is 0 Å². The molecule has 0 radical (unpaired) electrons. The van der Waals surface area contributed by atoms with Crippen LogP contribution >= 0.6 is 0 Å². The number of aryl methyl sites for hydroxylation is 1. The third-order valence-electron chi connectivity index (χ3n) is 4.85. The maximum Gasteiger partial charge on any atom is 0.250 e. The first-order valence-electron chi connectivity index (χ1n) is 8.69. The smallest absolute Gasteiger partial charge is 0.250 e. The normalized spacial score (nSPS) is 23.5. The van der Waals surface area contributed by atoms with Crippen molar-refractivity contribution >= 4 is 17.5 Å². The number of nitrogens with one attached hydrogen (secondary N) is 2. The molecule has 3 unspecified atom stereocenters. The number of hydrogen-bond donors (Lipinski definition) is 2. The topological polar surface area (TPSA) is 67.4 Å². The van der Waals surface area contributed by atoms with Gasteiger partial charge >= 0.3 is 0 Å². The molecule has 1 aliphatic rings. The zero-order valence-electron chi connectivity index (χ0n) is 14.8. The van der Waals surface area contributed by atoms with Gasteiger partial charge in [0.15, 0.2) is 0 Å². The molecule has 1 aromatic carbocycles. The summed E-state index contributed by atoms with van der Waals surface area (Å²) in [6.45, 7) is 6.19. The fourth-order valence-corrected chi connectivity index (χ4v) is 3.10. The quantitative estimate of drug-likeness (QED) is 0.842. The lowest BCUT2D eigenvalue weighted by atomic mass is 9.78. The van der Waals surface area contributed by atoms with Crippen molar-refractivity contribution in [3.8, 4) is 0 Å². The number of carbonyl (C=O) groups excluding carboxylic acids is 2. The standard InChI is InChI=1S/C19H28N2O3/c1-13-7-9-16(10-8-13)20-18(22)11-24-12-19(23)21-17-6-4-5-14(2)15(17)3/h7-10,14-15,17H,4-6,11-12H2,1-3H3,(H,20,22)(H,21,23). The Bertz CT molecular complexity index is 556. The molecule has 0 heterocycles. The maximum absolute atomic E-state index is 12.0. The van der Waals surface area contributed by atoms with E-state index in [1.165, 1.54) is 6.42 Å². The van der Waals surface area contributed by atoms with E-state index in [0.29, 0.717) is 11.8 Å². The van der Waals surface area contributed by atoms with E-state index in [1.807, 2.05) is 31.2 Å². The molecule has 1 aliphatic carbocycles. The zero-order valence-corrected chi connectivity index (χ0v) is 14.8. The lowest BCUT2D eigenvalue weighted by Crippen LogP contribution is -2.45. The molecule has 1 fully saturated rings. The van der Waals surface area contributed by atoms with E-state index < -0.39 is 0 Å². The molecule has 2 N–H and O–H groups in total. The maximum atomic E-state index is 12.0. The van der Waals surface area contributed by atoms with Gasteiger partial charge in [0.2, 0.25) is 11.8 Å². The fourth-order valence-electron chi connectivity index (χ4n) is 3.10. The molecule has 2 rings (SSSR count). The second-order valence-electron chi connectivity index (χ2n) is 6.85. The molecule has 2 amide bonds. The highest BCUT2D eigenvalue weighted by Gasteiger charge is 2.28. The van der Waals surface area contributed by atoms with Crippen LogP contribution in [0.3, 0.4) is 0 Å². The summed E-state index contributed by atoms with van der Waals surface area (Å²) in [7, 11) is 0. The number of benzene rings is 1. The number of carbonyl (C=O) groups is 2. The minimum Gasteiger partial charge on any atom is -0.362 e. The van der Waals surface area contributed by atoms with Crippen molar-refractivity contribution in [3.63, 3.8) is 0 Å². The third kappa shape index (κ3) is 5.64. The van der Waals surface area contributed by atoms with Crippen LogP contribution in [0.5, 0.6) is 0 Å². The van der Waals surface area contributed by atoms with E-state index in [4.69, 9.17) is 4.74 Å². The van der Waals surface area contributed by atoms with Crippen molar-refractivity contribution in [1.82, 2.24) is 5.32 Å². The minimum absolute atomic E-state index is 0.0844. The summed E-state index contributed by atoms with van der Waals surface area (Å²) >= 11 is 0. The van der Waals surface area contributed by atoms with E-state index in [-0.39, 0.29) is 31.1 Å². The number of amides is 2. The zero-order chi connectivity index (χ0) is 17.5. The van der Waals surface area contributed by atoms with Crippen LogP contribution in [-0.2, 0) is 14.3 Å². The van der Waals surface area contributed by atoms with Gasteiger partial charge in [0, 0.05) is 11.7 Å². The summed E-state index contributed by atoms with van der Waals surface area (Å²) in [6, 6.07) is 7.75. The van der Waals surface area contributed by atoms with E-state index in [9.17, 15) is 9.59 Å². The highest BCUT2D eigenvalue weighted by Crippen LogP contribution is 2.29. The summed E-state index contributed by atoms with van der Waals surface area (Å²) in [6.07, 6.45) is 3.39. The van der Waals surface area contributed by atoms with Gasteiger partial charge in [0.25, 0.3) is 0 Å². The molecule has 1 saturated carbocycles. The van der Waals surface area contributed by atoms with Crippen LogP contribution in [0.4, 0.5) is 5.69 Å². The van der Waals surface area contributed by atoms with E-state index in [2.05, 4.69) is 24.5 Å². The Morgan fingerprint density at radius 3 is 2.46 bits per heavy atom. The van der Waals surface area contributed by atoms with Gasteiger partial charge in [-0.05, 0) is 37.3 Å². The van der Waals surface area contributed by atoms with Crippen molar-refractivity contribution in [2.24, 2.45) is 11.8 Å². The van der Waals surface area contributed by atoms with Gasteiger partial charge in [-0.25, -0.2) is 0 Å². The van der Waals surface area contributed by atoms with E-state index in [1.54, 1.807) is 0 Å². The van der Waals surface area contributed by atoms with Gasteiger partial charge in [-0.2, -0.15) is 0 Å². The van der Waals surface area contributed by atoms with Crippen LogP contribution in [0.2, 0.25) is 0 Å². The minimum atomic E-state index is -0.258. The highest BCUT2D eigenvalue weighted by molar-refractivity contribution is 5.91. The van der Waals surface area contributed by atoms with Gasteiger partial charge in [0.05, 0.1) is 0 Å². The van der Waals surface area contributed by atoms with Crippen molar-refractivity contribution in [1.29, 1.82) is 0 Å². The van der Waals surface area contributed by atoms with Crippen molar-refractivity contribution in [3.05, 3.63) is 29.8 Å².